The number of aromatic nitrogens is 1. The van der Waals surface area contributed by atoms with Crippen LogP contribution >= 0.6 is 0 Å². The average molecular weight is 294 g/mol. The zero-order chi connectivity index (χ0) is 16.0. The molecule has 3 N–H and O–H groups in total. The number of nitrogens with one attached hydrogen (secondary N) is 1. The van der Waals surface area contributed by atoms with E-state index in [0.29, 0.717) is 29.6 Å². The highest BCUT2D eigenvalue weighted by molar-refractivity contribution is 5.97. The third-order valence-corrected chi connectivity index (χ3v) is 3.17. The van der Waals surface area contributed by atoms with Crippen LogP contribution in [0.1, 0.15) is 31.1 Å². The molecule has 1 aromatic heterocycles. The molecule has 0 spiro atoms. The maximum absolute atomic E-state index is 11.8. The van der Waals surface area contributed by atoms with E-state index >= 15 is 0 Å². The van der Waals surface area contributed by atoms with Crippen LogP contribution in [0, 0.1) is 5.92 Å². The Morgan fingerprint density at radius 2 is 2.14 bits per heavy atom. The van der Waals surface area contributed by atoms with Crippen LogP contribution in [0.4, 0.5) is 11.5 Å². The molecule has 1 rings (SSSR count). The molecule has 0 aliphatic carbocycles. The number of carbonyl (C=O) groups is 1. The molecule has 6 heteroatoms. The van der Waals surface area contributed by atoms with Crippen LogP contribution in [0.2, 0.25) is 0 Å². The molecule has 118 valence electrons. The van der Waals surface area contributed by atoms with E-state index < -0.39 is 5.97 Å². The van der Waals surface area contributed by atoms with Crippen molar-refractivity contribution in [3.05, 3.63) is 17.8 Å². The first-order valence-electron chi connectivity index (χ1n) is 7.19. The Labute approximate surface area is 126 Å². The lowest BCUT2D eigenvalue weighted by atomic mass is 10.0. The van der Waals surface area contributed by atoms with Gasteiger partial charge in [0.2, 0.25) is 0 Å². The normalized spacial score (nSPS) is 12.5. The third-order valence-electron chi connectivity index (χ3n) is 3.17. The topological polar surface area (TPSA) is 80.5 Å². The van der Waals surface area contributed by atoms with E-state index in [0.717, 1.165) is 6.54 Å². The lowest BCUT2D eigenvalue weighted by molar-refractivity contribution is 0.0527. The van der Waals surface area contributed by atoms with Gasteiger partial charge in [0.15, 0.2) is 0 Å². The summed E-state index contributed by atoms with van der Waals surface area (Å²) >= 11 is 0. The Morgan fingerprint density at radius 3 is 2.67 bits per heavy atom. The molecule has 0 radical (unpaired) electrons. The van der Waals surface area contributed by atoms with Crippen LogP contribution in [0.5, 0.6) is 0 Å². The van der Waals surface area contributed by atoms with E-state index in [1.165, 1.54) is 0 Å². The molecule has 6 nitrogen and oxygen atoms in total. The van der Waals surface area contributed by atoms with E-state index in [4.69, 9.17) is 10.5 Å². The van der Waals surface area contributed by atoms with Crippen LogP contribution in [-0.2, 0) is 4.74 Å². The van der Waals surface area contributed by atoms with Crippen molar-refractivity contribution in [2.24, 2.45) is 5.92 Å². The summed E-state index contributed by atoms with van der Waals surface area (Å²) in [7, 11) is 4.03. The number of hydrogen-bond acceptors (Lipinski definition) is 6. The van der Waals surface area contributed by atoms with Gasteiger partial charge in [-0.3, -0.25) is 0 Å². The molecule has 0 aliphatic rings. The first-order chi connectivity index (χ1) is 9.86. The van der Waals surface area contributed by atoms with E-state index in [9.17, 15) is 4.79 Å². The van der Waals surface area contributed by atoms with Crippen molar-refractivity contribution in [1.29, 1.82) is 0 Å². The molecule has 21 heavy (non-hydrogen) atoms. The van der Waals surface area contributed by atoms with Crippen molar-refractivity contribution in [1.82, 2.24) is 9.88 Å². The molecule has 0 bridgehead atoms. The van der Waals surface area contributed by atoms with Gasteiger partial charge >= 0.3 is 5.97 Å². The molecule has 0 saturated heterocycles. The highest BCUT2D eigenvalue weighted by Gasteiger charge is 2.19. The summed E-state index contributed by atoms with van der Waals surface area (Å²) in [5, 5.41) is 3.33. The highest BCUT2D eigenvalue weighted by Crippen LogP contribution is 2.23. The Kier molecular flexibility index (Phi) is 6.42. The predicted octanol–water partition coefficient (Wildman–Crippen LogP) is 1.84. The van der Waals surface area contributed by atoms with Gasteiger partial charge in [-0.25, -0.2) is 9.78 Å². The Hall–Kier alpha value is -1.82. The van der Waals surface area contributed by atoms with Crippen molar-refractivity contribution >= 4 is 17.5 Å². The summed E-state index contributed by atoms with van der Waals surface area (Å²) in [5.41, 5.74) is 6.74. The van der Waals surface area contributed by atoms with Gasteiger partial charge in [-0.05, 0) is 33.0 Å². The SMILES string of the molecule is CCOC(=O)c1ccnc(NC(CN(C)C)C(C)C)c1N. The molecule has 1 atom stereocenters. The fourth-order valence-electron chi connectivity index (χ4n) is 1.97. The number of rotatable bonds is 7. The lowest BCUT2D eigenvalue weighted by Gasteiger charge is -2.26. The van der Waals surface area contributed by atoms with Crippen molar-refractivity contribution in [2.45, 2.75) is 26.8 Å². The van der Waals surface area contributed by atoms with E-state index in [-0.39, 0.29) is 6.04 Å². The van der Waals surface area contributed by atoms with E-state index in [1.54, 1.807) is 19.2 Å². The number of pyridine rings is 1. The predicted molar refractivity (Wildman–Crippen MR) is 85.4 cm³/mol. The molecule has 0 fully saturated rings. The van der Waals surface area contributed by atoms with Crippen LogP contribution in [0.3, 0.4) is 0 Å². The zero-order valence-electron chi connectivity index (χ0n) is 13.5. The molecule has 1 heterocycles. The number of carbonyl (C=O) groups excluding carboxylic acids is 1. The van der Waals surface area contributed by atoms with Gasteiger partial charge < -0.3 is 20.7 Å². The summed E-state index contributed by atoms with van der Waals surface area (Å²) in [6, 6.07) is 1.77. The smallest absolute Gasteiger partial charge is 0.340 e. The zero-order valence-corrected chi connectivity index (χ0v) is 13.5. The number of anilines is 2. The minimum absolute atomic E-state index is 0.187. The van der Waals surface area contributed by atoms with Gasteiger partial charge in [0.25, 0.3) is 0 Å². The lowest BCUT2D eigenvalue weighted by Crippen LogP contribution is -2.37. The number of nitrogens with zero attached hydrogens (tertiary/aromatic N) is 2. The minimum atomic E-state index is -0.422. The van der Waals surface area contributed by atoms with Gasteiger partial charge in [-0.1, -0.05) is 13.8 Å². The summed E-state index contributed by atoms with van der Waals surface area (Å²) in [6.07, 6.45) is 1.57. The molecular weight excluding hydrogens is 268 g/mol. The molecule has 1 unspecified atom stereocenters. The molecular formula is C15H26N4O2. The van der Waals surface area contributed by atoms with Crippen LogP contribution in [0.25, 0.3) is 0 Å². The number of likely N-dealkylation sites (N-methyl/N-ethyl adjacent to an activating group) is 1. The van der Waals surface area contributed by atoms with E-state index in [2.05, 4.69) is 29.0 Å². The van der Waals surface area contributed by atoms with Gasteiger partial charge in [0, 0.05) is 18.8 Å². The van der Waals surface area contributed by atoms with E-state index in [1.807, 2.05) is 14.1 Å². The van der Waals surface area contributed by atoms with Gasteiger partial charge in [0.05, 0.1) is 17.9 Å². The Bertz CT molecular complexity index is 475. The molecule has 0 saturated carbocycles. The second-order valence-corrected chi connectivity index (χ2v) is 5.60. The Balaban J connectivity index is 2.97. The van der Waals surface area contributed by atoms with Crippen LogP contribution < -0.4 is 11.1 Å². The van der Waals surface area contributed by atoms with Crippen LogP contribution in [-0.4, -0.2) is 49.1 Å². The molecule has 1 aromatic rings. The summed E-state index contributed by atoms with van der Waals surface area (Å²) < 4.78 is 5.00. The monoisotopic (exact) mass is 294 g/mol. The number of nitrogens with two attached hydrogens (primary N) is 1. The van der Waals surface area contributed by atoms with Gasteiger partial charge in [0.1, 0.15) is 5.82 Å². The molecule has 0 aromatic carbocycles. The average Bonchev–Trinajstić information content (AvgIpc) is 2.39. The van der Waals surface area contributed by atoms with Gasteiger partial charge in [-0.2, -0.15) is 0 Å². The fraction of sp³-hybridized carbons (Fsp3) is 0.600. The minimum Gasteiger partial charge on any atom is -0.462 e. The first kappa shape index (κ1) is 17.2. The Morgan fingerprint density at radius 1 is 1.48 bits per heavy atom. The first-order valence-corrected chi connectivity index (χ1v) is 7.19. The largest absolute Gasteiger partial charge is 0.462 e. The van der Waals surface area contributed by atoms with Gasteiger partial charge in [-0.15, -0.1) is 0 Å². The summed E-state index contributed by atoms with van der Waals surface area (Å²) in [6.45, 7) is 7.19. The standard InChI is InChI=1S/C15H26N4O2/c1-6-21-15(20)11-7-8-17-14(13(11)16)18-12(10(2)3)9-19(4)5/h7-8,10,12H,6,9,16H2,1-5H3,(H,17,18). The number of nitrogen functional groups attached to an aromatic ring is 1. The number of esters is 1. The van der Waals surface area contributed by atoms with Crippen LogP contribution in [0.15, 0.2) is 12.3 Å². The van der Waals surface area contributed by atoms with Crippen molar-refractivity contribution in [3.8, 4) is 0 Å². The maximum atomic E-state index is 11.8. The fourth-order valence-corrected chi connectivity index (χ4v) is 1.97. The molecule has 0 aliphatic heterocycles. The summed E-state index contributed by atoms with van der Waals surface area (Å²) in [5.74, 6) is 0.509. The second-order valence-electron chi connectivity index (χ2n) is 5.60. The second kappa shape index (κ2) is 7.83. The van der Waals surface area contributed by atoms with Crippen molar-refractivity contribution < 1.29 is 9.53 Å². The quantitative estimate of drug-likeness (QED) is 0.747. The summed E-state index contributed by atoms with van der Waals surface area (Å²) in [4.78, 5) is 18.2. The highest BCUT2D eigenvalue weighted by atomic mass is 16.5. The number of hydrogen-bond donors (Lipinski definition) is 2. The molecule has 0 amide bonds. The van der Waals surface area contributed by atoms with Crippen molar-refractivity contribution in [3.63, 3.8) is 0 Å². The van der Waals surface area contributed by atoms with Crippen molar-refractivity contribution in [2.75, 3.05) is 38.3 Å². The number of ether oxygens (including phenoxy) is 1. The third kappa shape index (κ3) is 4.90. The maximum Gasteiger partial charge on any atom is 0.340 e.